The SMILES string of the molecule is Cc1ccc(C(=O)NCCc2nnc3ccc(NCC4CCCO4)nn23)cc1. The first-order valence-corrected chi connectivity index (χ1v) is 9.61. The predicted octanol–water partition coefficient (Wildman–Crippen LogP) is 2.00. The maximum absolute atomic E-state index is 12.2. The molecule has 146 valence electrons. The highest BCUT2D eigenvalue weighted by atomic mass is 16.5. The molecule has 0 saturated carbocycles. The fourth-order valence-electron chi connectivity index (χ4n) is 3.20. The molecule has 4 rings (SSSR count). The lowest BCUT2D eigenvalue weighted by atomic mass is 10.1. The van der Waals surface area contributed by atoms with Crippen molar-refractivity contribution in [2.75, 3.05) is 25.0 Å². The summed E-state index contributed by atoms with van der Waals surface area (Å²) in [5.74, 6) is 1.37. The number of hydrogen-bond acceptors (Lipinski definition) is 6. The largest absolute Gasteiger partial charge is 0.376 e. The molecule has 3 aromatic rings. The van der Waals surface area contributed by atoms with Crippen LogP contribution in [0.3, 0.4) is 0 Å². The van der Waals surface area contributed by atoms with Gasteiger partial charge in [-0.25, -0.2) is 0 Å². The van der Waals surface area contributed by atoms with Crippen LogP contribution in [0.2, 0.25) is 0 Å². The van der Waals surface area contributed by atoms with Crippen LogP contribution < -0.4 is 10.6 Å². The van der Waals surface area contributed by atoms with Gasteiger partial charge in [-0.1, -0.05) is 17.7 Å². The van der Waals surface area contributed by atoms with Gasteiger partial charge in [0.25, 0.3) is 5.91 Å². The van der Waals surface area contributed by atoms with Crippen LogP contribution in [-0.2, 0) is 11.2 Å². The number of carbonyl (C=O) groups excluding carboxylic acids is 1. The molecule has 3 heterocycles. The first kappa shape index (κ1) is 18.4. The quantitative estimate of drug-likeness (QED) is 0.651. The van der Waals surface area contributed by atoms with Gasteiger partial charge >= 0.3 is 0 Å². The van der Waals surface area contributed by atoms with Crippen molar-refractivity contribution in [1.29, 1.82) is 0 Å². The molecule has 8 nitrogen and oxygen atoms in total. The van der Waals surface area contributed by atoms with E-state index in [1.165, 1.54) is 0 Å². The van der Waals surface area contributed by atoms with Crippen molar-refractivity contribution in [3.63, 3.8) is 0 Å². The van der Waals surface area contributed by atoms with E-state index in [0.717, 1.165) is 37.4 Å². The molecule has 8 heteroatoms. The number of ether oxygens (including phenoxy) is 1. The summed E-state index contributed by atoms with van der Waals surface area (Å²) in [6.07, 6.45) is 2.98. The summed E-state index contributed by atoms with van der Waals surface area (Å²) in [7, 11) is 0. The molecule has 0 spiro atoms. The Kier molecular flexibility index (Phi) is 5.48. The Balaban J connectivity index is 1.35. The third-order valence-electron chi connectivity index (χ3n) is 4.81. The van der Waals surface area contributed by atoms with Crippen LogP contribution in [0.1, 0.15) is 34.6 Å². The Labute approximate surface area is 163 Å². The number of rotatable bonds is 7. The van der Waals surface area contributed by atoms with Gasteiger partial charge in [0, 0.05) is 31.7 Å². The second-order valence-corrected chi connectivity index (χ2v) is 6.99. The number of carbonyl (C=O) groups is 1. The van der Waals surface area contributed by atoms with Crippen LogP contribution in [0.4, 0.5) is 5.82 Å². The Morgan fingerprint density at radius 2 is 2.07 bits per heavy atom. The first-order valence-electron chi connectivity index (χ1n) is 9.61. The number of anilines is 1. The molecule has 0 aliphatic carbocycles. The molecule has 1 fully saturated rings. The first-order chi connectivity index (χ1) is 13.7. The summed E-state index contributed by atoms with van der Waals surface area (Å²) in [6, 6.07) is 11.3. The van der Waals surface area contributed by atoms with E-state index in [-0.39, 0.29) is 12.0 Å². The lowest BCUT2D eigenvalue weighted by molar-refractivity contribution is 0.0954. The number of hydrogen-bond donors (Lipinski definition) is 2. The van der Waals surface area contributed by atoms with Crippen LogP contribution in [0, 0.1) is 6.92 Å². The van der Waals surface area contributed by atoms with Crippen molar-refractivity contribution in [3.8, 4) is 0 Å². The minimum atomic E-state index is -0.0966. The molecule has 2 aromatic heterocycles. The predicted molar refractivity (Wildman–Crippen MR) is 105 cm³/mol. The molecular formula is C20H24N6O2. The number of fused-ring (bicyclic) bond motifs is 1. The number of benzene rings is 1. The van der Waals surface area contributed by atoms with Gasteiger partial charge in [0.05, 0.1) is 6.10 Å². The zero-order valence-corrected chi connectivity index (χ0v) is 15.9. The molecule has 1 atom stereocenters. The molecule has 1 aliphatic heterocycles. The zero-order valence-electron chi connectivity index (χ0n) is 15.9. The molecule has 0 radical (unpaired) electrons. The Hall–Kier alpha value is -3.00. The van der Waals surface area contributed by atoms with Crippen molar-refractivity contribution in [1.82, 2.24) is 25.1 Å². The number of aryl methyl sites for hydroxylation is 1. The van der Waals surface area contributed by atoms with E-state index in [0.29, 0.717) is 30.0 Å². The lowest BCUT2D eigenvalue weighted by Gasteiger charge is -2.11. The van der Waals surface area contributed by atoms with E-state index in [1.54, 1.807) is 4.52 Å². The summed E-state index contributed by atoms with van der Waals surface area (Å²) in [5, 5.41) is 19.2. The summed E-state index contributed by atoms with van der Waals surface area (Å²) in [6.45, 7) is 4.03. The minimum Gasteiger partial charge on any atom is -0.376 e. The number of amides is 1. The monoisotopic (exact) mass is 380 g/mol. The fraction of sp³-hybridized carbons (Fsp3) is 0.400. The number of aromatic nitrogens is 4. The molecule has 2 N–H and O–H groups in total. The third-order valence-corrected chi connectivity index (χ3v) is 4.81. The maximum Gasteiger partial charge on any atom is 0.251 e. The van der Waals surface area contributed by atoms with Gasteiger partial charge in [-0.2, -0.15) is 4.52 Å². The van der Waals surface area contributed by atoms with Gasteiger partial charge in [0.2, 0.25) is 0 Å². The number of nitrogens with zero attached hydrogens (tertiary/aromatic N) is 4. The fourth-order valence-corrected chi connectivity index (χ4v) is 3.20. The van der Waals surface area contributed by atoms with Crippen LogP contribution in [0.5, 0.6) is 0 Å². The van der Waals surface area contributed by atoms with Gasteiger partial charge in [0.15, 0.2) is 11.5 Å². The molecule has 1 saturated heterocycles. The lowest BCUT2D eigenvalue weighted by Crippen LogP contribution is -2.26. The van der Waals surface area contributed by atoms with E-state index in [4.69, 9.17) is 4.74 Å². The van der Waals surface area contributed by atoms with Crippen LogP contribution in [0.25, 0.3) is 5.65 Å². The highest BCUT2D eigenvalue weighted by Crippen LogP contribution is 2.13. The van der Waals surface area contributed by atoms with Gasteiger partial charge in [0.1, 0.15) is 5.82 Å². The van der Waals surface area contributed by atoms with Gasteiger partial charge in [-0.15, -0.1) is 15.3 Å². The average Bonchev–Trinajstić information content (AvgIpc) is 3.37. The second kappa shape index (κ2) is 8.35. The average molecular weight is 380 g/mol. The van der Waals surface area contributed by atoms with Crippen LogP contribution in [0.15, 0.2) is 36.4 Å². The summed E-state index contributed by atoms with van der Waals surface area (Å²) >= 11 is 0. The van der Waals surface area contributed by atoms with Crippen LogP contribution in [-0.4, -0.2) is 51.5 Å². The molecule has 28 heavy (non-hydrogen) atoms. The van der Waals surface area contributed by atoms with Crippen LogP contribution >= 0.6 is 0 Å². The van der Waals surface area contributed by atoms with Crippen molar-refractivity contribution in [3.05, 3.63) is 53.3 Å². The second-order valence-electron chi connectivity index (χ2n) is 6.99. The highest BCUT2D eigenvalue weighted by molar-refractivity contribution is 5.94. The van der Waals surface area contributed by atoms with E-state index in [2.05, 4.69) is 25.9 Å². The van der Waals surface area contributed by atoms with Crippen molar-refractivity contribution in [2.45, 2.75) is 32.3 Å². The third kappa shape index (κ3) is 4.28. The highest BCUT2D eigenvalue weighted by Gasteiger charge is 2.15. The molecule has 1 aromatic carbocycles. The normalized spacial score (nSPS) is 16.4. The van der Waals surface area contributed by atoms with E-state index in [1.807, 2.05) is 43.3 Å². The Morgan fingerprint density at radius 3 is 2.86 bits per heavy atom. The molecular weight excluding hydrogens is 356 g/mol. The summed E-state index contributed by atoms with van der Waals surface area (Å²) in [4.78, 5) is 12.2. The molecule has 0 bridgehead atoms. The van der Waals surface area contributed by atoms with Crippen molar-refractivity contribution >= 4 is 17.4 Å². The van der Waals surface area contributed by atoms with Gasteiger partial charge in [-0.05, 0) is 44.0 Å². The van der Waals surface area contributed by atoms with E-state index in [9.17, 15) is 4.79 Å². The topological polar surface area (TPSA) is 93.4 Å². The Morgan fingerprint density at radius 1 is 1.21 bits per heavy atom. The van der Waals surface area contributed by atoms with Gasteiger partial charge in [-0.3, -0.25) is 4.79 Å². The maximum atomic E-state index is 12.2. The molecule has 1 aliphatic rings. The summed E-state index contributed by atoms with van der Waals surface area (Å²) in [5.41, 5.74) is 2.46. The molecule has 1 amide bonds. The zero-order chi connectivity index (χ0) is 19.3. The van der Waals surface area contributed by atoms with Gasteiger partial charge < -0.3 is 15.4 Å². The molecule has 1 unspecified atom stereocenters. The number of nitrogens with one attached hydrogen (secondary N) is 2. The minimum absolute atomic E-state index is 0.0966. The van der Waals surface area contributed by atoms with E-state index >= 15 is 0 Å². The smallest absolute Gasteiger partial charge is 0.251 e. The van der Waals surface area contributed by atoms with Crippen molar-refractivity contribution in [2.24, 2.45) is 0 Å². The summed E-state index contributed by atoms with van der Waals surface area (Å²) < 4.78 is 7.35. The standard InChI is InChI=1S/C20H24N6O2/c1-14-4-6-15(7-5-14)20(27)21-11-10-19-24-23-18-9-8-17(25-26(18)19)22-13-16-3-2-12-28-16/h4-9,16H,2-3,10-13H2,1H3,(H,21,27)(H,22,25). The Bertz CT molecular complexity index is 947. The van der Waals surface area contributed by atoms with Crippen molar-refractivity contribution < 1.29 is 9.53 Å². The van der Waals surface area contributed by atoms with E-state index < -0.39 is 0 Å².